The molecular weight excluding hydrogens is 262 g/mol. The Morgan fingerprint density at radius 3 is 2.24 bits per heavy atom. The Labute approximate surface area is 131 Å². The molecule has 3 nitrogen and oxygen atoms in total. The fourth-order valence-corrected chi connectivity index (χ4v) is 2.27. The van der Waals surface area contributed by atoms with E-state index < -0.39 is 5.60 Å². The molecule has 0 saturated carbocycles. The van der Waals surface area contributed by atoms with E-state index in [4.69, 9.17) is 4.74 Å². The molecule has 0 aliphatic rings. The fourth-order valence-electron chi connectivity index (χ4n) is 2.27. The molecule has 124 valence electrons. The molecule has 0 saturated heterocycles. The molecule has 0 aliphatic carbocycles. The maximum absolute atomic E-state index is 11.8. The van der Waals surface area contributed by atoms with E-state index >= 15 is 0 Å². The van der Waals surface area contributed by atoms with Gasteiger partial charge >= 0.3 is 6.09 Å². The van der Waals surface area contributed by atoms with Crippen LogP contribution in [0.3, 0.4) is 0 Å². The van der Waals surface area contributed by atoms with E-state index in [0.29, 0.717) is 0 Å². The Morgan fingerprint density at radius 1 is 1.14 bits per heavy atom. The van der Waals surface area contributed by atoms with Crippen molar-refractivity contribution in [3.05, 3.63) is 12.7 Å². The monoisotopic (exact) mass is 297 g/mol. The van der Waals surface area contributed by atoms with Crippen LogP contribution in [-0.2, 0) is 4.74 Å². The minimum Gasteiger partial charge on any atom is -0.444 e. The standard InChI is InChI=1S/C18H35NO2/c1-6-8-9-10-11-12-13-15-16(14-7-2)19-17(20)21-18(3,4)5/h7,16H,2,6,8-15H2,1,3-5H3,(H,19,20)/t16-/m0/s1. The number of rotatable bonds is 11. The van der Waals surface area contributed by atoms with Gasteiger partial charge in [0.05, 0.1) is 0 Å². The molecule has 0 bridgehead atoms. The molecule has 0 aromatic carbocycles. The zero-order valence-corrected chi connectivity index (χ0v) is 14.5. The Morgan fingerprint density at radius 2 is 1.71 bits per heavy atom. The van der Waals surface area contributed by atoms with Gasteiger partial charge in [-0.25, -0.2) is 4.79 Å². The van der Waals surface area contributed by atoms with Crippen molar-refractivity contribution >= 4 is 6.09 Å². The van der Waals surface area contributed by atoms with Gasteiger partial charge in [0, 0.05) is 6.04 Å². The molecule has 1 amide bonds. The highest BCUT2D eigenvalue weighted by Crippen LogP contribution is 2.12. The minimum atomic E-state index is -0.442. The zero-order chi connectivity index (χ0) is 16.1. The zero-order valence-electron chi connectivity index (χ0n) is 14.5. The summed E-state index contributed by atoms with van der Waals surface area (Å²) in [5.41, 5.74) is -0.442. The van der Waals surface area contributed by atoms with Gasteiger partial charge in [-0.2, -0.15) is 0 Å². The number of hydrogen-bond acceptors (Lipinski definition) is 2. The first-order chi connectivity index (χ1) is 9.89. The SMILES string of the molecule is C=CC[C@@H](CCCCCCCCC)NC(=O)OC(C)(C)C. The predicted octanol–water partition coefficient (Wildman–Crippen LogP) is 5.60. The average Bonchev–Trinajstić information content (AvgIpc) is 2.35. The molecule has 3 heteroatoms. The van der Waals surface area contributed by atoms with Gasteiger partial charge in [-0.1, -0.05) is 57.9 Å². The van der Waals surface area contributed by atoms with Crippen LogP contribution in [0.15, 0.2) is 12.7 Å². The number of carbonyl (C=O) groups is 1. The van der Waals surface area contributed by atoms with Gasteiger partial charge < -0.3 is 10.1 Å². The molecule has 0 aromatic heterocycles. The van der Waals surface area contributed by atoms with E-state index in [1.165, 1.54) is 38.5 Å². The van der Waals surface area contributed by atoms with Gasteiger partial charge in [0.2, 0.25) is 0 Å². The summed E-state index contributed by atoms with van der Waals surface area (Å²) in [5, 5.41) is 2.95. The van der Waals surface area contributed by atoms with Crippen molar-refractivity contribution < 1.29 is 9.53 Å². The smallest absolute Gasteiger partial charge is 0.407 e. The van der Waals surface area contributed by atoms with Crippen LogP contribution in [0.1, 0.15) is 85.5 Å². The molecular formula is C18H35NO2. The molecule has 0 heterocycles. The lowest BCUT2D eigenvalue weighted by Crippen LogP contribution is -2.38. The van der Waals surface area contributed by atoms with E-state index in [1.54, 1.807) is 0 Å². The van der Waals surface area contributed by atoms with Gasteiger partial charge in [-0.3, -0.25) is 0 Å². The van der Waals surface area contributed by atoms with E-state index in [1.807, 2.05) is 26.8 Å². The molecule has 0 aliphatic heterocycles. The van der Waals surface area contributed by atoms with Crippen LogP contribution in [0, 0.1) is 0 Å². The van der Waals surface area contributed by atoms with E-state index in [9.17, 15) is 4.79 Å². The third kappa shape index (κ3) is 13.7. The maximum Gasteiger partial charge on any atom is 0.407 e. The minimum absolute atomic E-state index is 0.146. The van der Waals surface area contributed by atoms with Gasteiger partial charge in [-0.05, 0) is 33.6 Å². The second kappa shape index (κ2) is 11.6. The lowest BCUT2D eigenvalue weighted by molar-refractivity contribution is 0.0501. The lowest BCUT2D eigenvalue weighted by atomic mass is 10.0. The second-order valence-electron chi connectivity index (χ2n) is 6.78. The summed E-state index contributed by atoms with van der Waals surface area (Å²) >= 11 is 0. The van der Waals surface area contributed by atoms with Crippen molar-refractivity contribution in [1.29, 1.82) is 0 Å². The van der Waals surface area contributed by atoms with E-state index in [-0.39, 0.29) is 12.1 Å². The van der Waals surface area contributed by atoms with Crippen LogP contribution in [0.2, 0.25) is 0 Å². The Hall–Kier alpha value is -0.990. The largest absolute Gasteiger partial charge is 0.444 e. The fraction of sp³-hybridized carbons (Fsp3) is 0.833. The van der Waals surface area contributed by atoms with Crippen molar-refractivity contribution in [3.8, 4) is 0 Å². The first-order valence-corrected chi connectivity index (χ1v) is 8.49. The number of alkyl carbamates (subject to hydrolysis) is 1. The van der Waals surface area contributed by atoms with Crippen LogP contribution >= 0.6 is 0 Å². The van der Waals surface area contributed by atoms with E-state index in [2.05, 4.69) is 18.8 Å². The second-order valence-corrected chi connectivity index (χ2v) is 6.78. The summed E-state index contributed by atoms with van der Waals surface area (Å²) in [6, 6.07) is 0.146. The van der Waals surface area contributed by atoms with Gasteiger partial charge in [0.25, 0.3) is 0 Å². The van der Waals surface area contributed by atoms with Crippen molar-refractivity contribution in [2.45, 2.75) is 97.1 Å². The van der Waals surface area contributed by atoms with Crippen molar-refractivity contribution in [2.75, 3.05) is 0 Å². The van der Waals surface area contributed by atoms with Crippen molar-refractivity contribution in [2.24, 2.45) is 0 Å². The quantitative estimate of drug-likeness (QED) is 0.398. The average molecular weight is 297 g/mol. The number of unbranched alkanes of at least 4 members (excludes halogenated alkanes) is 6. The summed E-state index contributed by atoms with van der Waals surface area (Å²) in [5.74, 6) is 0. The highest BCUT2D eigenvalue weighted by Gasteiger charge is 2.18. The van der Waals surface area contributed by atoms with Crippen LogP contribution in [0.4, 0.5) is 4.79 Å². The molecule has 0 spiro atoms. The summed E-state index contributed by atoms with van der Waals surface area (Å²) in [7, 11) is 0. The highest BCUT2D eigenvalue weighted by molar-refractivity contribution is 5.68. The Balaban J connectivity index is 3.86. The molecule has 0 unspecified atom stereocenters. The van der Waals surface area contributed by atoms with Crippen LogP contribution in [0.25, 0.3) is 0 Å². The third-order valence-corrected chi connectivity index (χ3v) is 3.33. The summed E-state index contributed by atoms with van der Waals surface area (Å²) in [6.45, 7) is 11.6. The summed E-state index contributed by atoms with van der Waals surface area (Å²) < 4.78 is 5.30. The molecule has 0 aromatic rings. The van der Waals surface area contributed by atoms with Crippen LogP contribution in [0.5, 0.6) is 0 Å². The number of hydrogen-bond donors (Lipinski definition) is 1. The molecule has 1 atom stereocenters. The molecule has 1 N–H and O–H groups in total. The normalized spacial score (nSPS) is 12.8. The van der Waals surface area contributed by atoms with E-state index in [0.717, 1.165) is 19.3 Å². The van der Waals surface area contributed by atoms with Crippen LogP contribution in [-0.4, -0.2) is 17.7 Å². The number of amides is 1. The van der Waals surface area contributed by atoms with Crippen LogP contribution < -0.4 is 5.32 Å². The summed E-state index contributed by atoms with van der Waals surface area (Å²) in [6.07, 6.45) is 12.4. The number of ether oxygens (including phenoxy) is 1. The Kier molecular flexibility index (Phi) is 11.1. The van der Waals surface area contributed by atoms with Gasteiger partial charge in [-0.15, -0.1) is 6.58 Å². The molecule has 0 radical (unpaired) electrons. The first kappa shape index (κ1) is 20.0. The molecule has 0 fully saturated rings. The first-order valence-electron chi connectivity index (χ1n) is 8.49. The third-order valence-electron chi connectivity index (χ3n) is 3.33. The van der Waals surface area contributed by atoms with Gasteiger partial charge in [0.1, 0.15) is 5.60 Å². The Bertz CT molecular complexity index is 281. The predicted molar refractivity (Wildman–Crippen MR) is 90.6 cm³/mol. The molecule has 0 rings (SSSR count). The topological polar surface area (TPSA) is 38.3 Å². The van der Waals surface area contributed by atoms with Gasteiger partial charge in [0.15, 0.2) is 0 Å². The summed E-state index contributed by atoms with van der Waals surface area (Å²) in [4.78, 5) is 11.8. The highest BCUT2D eigenvalue weighted by atomic mass is 16.6. The maximum atomic E-state index is 11.8. The molecule has 21 heavy (non-hydrogen) atoms. The van der Waals surface area contributed by atoms with Crippen molar-refractivity contribution in [1.82, 2.24) is 5.32 Å². The van der Waals surface area contributed by atoms with Crippen molar-refractivity contribution in [3.63, 3.8) is 0 Å². The lowest BCUT2D eigenvalue weighted by Gasteiger charge is -2.23. The number of carbonyl (C=O) groups excluding carboxylic acids is 1. The number of nitrogens with one attached hydrogen (secondary N) is 1.